The number of pyridine rings is 1. The van der Waals surface area contributed by atoms with E-state index in [0.717, 1.165) is 13.1 Å². The quantitative estimate of drug-likeness (QED) is 0.622. The van der Waals surface area contributed by atoms with Gasteiger partial charge in [-0.1, -0.05) is 11.6 Å². The van der Waals surface area contributed by atoms with Crippen molar-refractivity contribution in [2.45, 2.75) is 0 Å². The lowest BCUT2D eigenvalue weighted by atomic mass is 10.2. The SMILES string of the molecule is CN(C)CCN=Cc1c(N)ccnc1Cl. The molecule has 1 aromatic rings. The lowest BCUT2D eigenvalue weighted by Gasteiger charge is -2.05. The van der Waals surface area contributed by atoms with Crippen molar-refractivity contribution in [2.75, 3.05) is 32.9 Å². The molecule has 0 spiro atoms. The molecule has 0 fully saturated rings. The van der Waals surface area contributed by atoms with E-state index in [1.165, 1.54) is 0 Å². The molecule has 0 aromatic carbocycles. The molecule has 0 aliphatic rings. The molecule has 5 heteroatoms. The van der Waals surface area contributed by atoms with Crippen LogP contribution in [0.25, 0.3) is 0 Å². The Balaban J connectivity index is 2.64. The lowest BCUT2D eigenvalue weighted by molar-refractivity contribution is 0.421. The molecule has 0 saturated carbocycles. The van der Waals surface area contributed by atoms with Crippen molar-refractivity contribution < 1.29 is 0 Å². The van der Waals surface area contributed by atoms with Gasteiger partial charge in [-0.3, -0.25) is 4.99 Å². The van der Waals surface area contributed by atoms with Crippen molar-refractivity contribution in [3.8, 4) is 0 Å². The Morgan fingerprint density at radius 1 is 1.60 bits per heavy atom. The van der Waals surface area contributed by atoms with Crippen molar-refractivity contribution in [2.24, 2.45) is 4.99 Å². The third kappa shape index (κ3) is 3.85. The summed E-state index contributed by atoms with van der Waals surface area (Å²) in [6.45, 7) is 1.62. The molecule has 0 radical (unpaired) electrons. The second-order valence-electron chi connectivity index (χ2n) is 3.44. The summed E-state index contributed by atoms with van der Waals surface area (Å²) in [6.07, 6.45) is 3.25. The third-order valence-electron chi connectivity index (χ3n) is 1.87. The van der Waals surface area contributed by atoms with Gasteiger partial charge < -0.3 is 10.6 Å². The van der Waals surface area contributed by atoms with Gasteiger partial charge in [-0.05, 0) is 20.2 Å². The van der Waals surface area contributed by atoms with Crippen molar-refractivity contribution >= 4 is 23.5 Å². The van der Waals surface area contributed by atoms with E-state index in [9.17, 15) is 0 Å². The first-order valence-corrected chi connectivity index (χ1v) is 5.03. The minimum absolute atomic E-state index is 0.392. The number of nitrogens with two attached hydrogens (primary N) is 1. The summed E-state index contributed by atoms with van der Waals surface area (Å²) in [5.41, 5.74) is 7.03. The van der Waals surface area contributed by atoms with Crippen LogP contribution in [0.15, 0.2) is 17.3 Å². The highest BCUT2D eigenvalue weighted by Crippen LogP contribution is 2.16. The number of likely N-dealkylation sites (N-methyl/N-ethyl adjacent to an activating group) is 1. The highest BCUT2D eigenvalue weighted by atomic mass is 35.5. The van der Waals surface area contributed by atoms with E-state index in [1.807, 2.05) is 14.1 Å². The number of aromatic nitrogens is 1. The zero-order valence-corrected chi connectivity index (χ0v) is 9.70. The molecule has 0 amide bonds. The second kappa shape index (κ2) is 5.68. The van der Waals surface area contributed by atoms with Gasteiger partial charge in [-0.15, -0.1) is 0 Å². The first-order chi connectivity index (χ1) is 7.11. The van der Waals surface area contributed by atoms with Crippen LogP contribution in [0.4, 0.5) is 5.69 Å². The summed E-state index contributed by atoms with van der Waals surface area (Å²) in [5, 5.41) is 0.392. The zero-order valence-electron chi connectivity index (χ0n) is 8.94. The maximum atomic E-state index is 5.88. The molecule has 0 saturated heterocycles. The average molecular weight is 227 g/mol. The molecule has 2 N–H and O–H groups in total. The molecule has 1 aromatic heterocycles. The molecule has 82 valence electrons. The number of anilines is 1. The van der Waals surface area contributed by atoms with Crippen molar-refractivity contribution in [1.82, 2.24) is 9.88 Å². The summed E-state index contributed by atoms with van der Waals surface area (Å²) in [6, 6.07) is 1.71. The van der Waals surface area contributed by atoms with Crippen LogP contribution in [0.1, 0.15) is 5.56 Å². The van der Waals surface area contributed by atoms with E-state index in [2.05, 4.69) is 14.9 Å². The van der Waals surface area contributed by atoms with Gasteiger partial charge in [0.25, 0.3) is 0 Å². The van der Waals surface area contributed by atoms with E-state index in [0.29, 0.717) is 16.4 Å². The van der Waals surface area contributed by atoms with Gasteiger partial charge in [0.1, 0.15) is 5.15 Å². The Morgan fingerprint density at radius 3 is 2.93 bits per heavy atom. The maximum absolute atomic E-state index is 5.88. The number of rotatable bonds is 4. The van der Waals surface area contributed by atoms with E-state index >= 15 is 0 Å². The summed E-state index contributed by atoms with van der Waals surface area (Å²) in [7, 11) is 4.00. The van der Waals surface area contributed by atoms with E-state index < -0.39 is 0 Å². The van der Waals surface area contributed by atoms with Crippen LogP contribution in [-0.4, -0.2) is 43.3 Å². The molecule has 4 nitrogen and oxygen atoms in total. The summed E-state index contributed by atoms with van der Waals surface area (Å²) >= 11 is 5.88. The normalized spacial score (nSPS) is 11.5. The summed E-state index contributed by atoms with van der Waals surface area (Å²) in [4.78, 5) is 10.2. The maximum Gasteiger partial charge on any atom is 0.139 e. The van der Waals surface area contributed by atoms with Crippen molar-refractivity contribution in [3.63, 3.8) is 0 Å². The monoisotopic (exact) mass is 226 g/mol. The Hall–Kier alpha value is -1.13. The van der Waals surface area contributed by atoms with Gasteiger partial charge in [-0.2, -0.15) is 0 Å². The fourth-order valence-electron chi connectivity index (χ4n) is 1.00. The van der Waals surface area contributed by atoms with E-state index in [1.54, 1.807) is 18.5 Å². The smallest absolute Gasteiger partial charge is 0.139 e. The molecule has 0 aliphatic carbocycles. The average Bonchev–Trinajstić information content (AvgIpc) is 2.15. The largest absolute Gasteiger partial charge is 0.398 e. The second-order valence-corrected chi connectivity index (χ2v) is 3.80. The van der Waals surface area contributed by atoms with E-state index in [4.69, 9.17) is 17.3 Å². The number of aliphatic imine (C=N–C) groups is 1. The zero-order chi connectivity index (χ0) is 11.3. The number of halogens is 1. The van der Waals surface area contributed by atoms with Crippen LogP contribution in [-0.2, 0) is 0 Å². The third-order valence-corrected chi connectivity index (χ3v) is 2.17. The van der Waals surface area contributed by atoms with Gasteiger partial charge in [0, 0.05) is 24.6 Å². The highest BCUT2D eigenvalue weighted by Gasteiger charge is 2.01. The minimum Gasteiger partial charge on any atom is -0.398 e. The first-order valence-electron chi connectivity index (χ1n) is 4.66. The van der Waals surface area contributed by atoms with E-state index in [-0.39, 0.29) is 0 Å². The minimum atomic E-state index is 0.392. The molecule has 0 bridgehead atoms. The number of nitrogen functional groups attached to an aromatic ring is 1. The standard InChI is InChI=1S/C10H15ClN4/c1-15(2)6-5-13-7-8-9(12)3-4-14-10(8)11/h3-4,7H,5-6H2,1-2H3,(H2,12,14). The topological polar surface area (TPSA) is 54.5 Å². The molecular weight excluding hydrogens is 212 g/mol. The highest BCUT2D eigenvalue weighted by molar-refractivity contribution is 6.32. The Labute approximate surface area is 94.8 Å². The predicted molar refractivity (Wildman–Crippen MR) is 64.7 cm³/mol. The molecular formula is C10H15ClN4. The molecule has 15 heavy (non-hydrogen) atoms. The van der Waals surface area contributed by atoms with Gasteiger partial charge in [0.05, 0.1) is 12.1 Å². The van der Waals surface area contributed by atoms with Crippen LogP contribution >= 0.6 is 11.6 Å². The van der Waals surface area contributed by atoms with Crippen LogP contribution in [0, 0.1) is 0 Å². The fraction of sp³-hybridized carbons (Fsp3) is 0.400. The summed E-state index contributed by atoms with van der Waals surface area (Å²) < 4.78 is 0. The van der Waals surface area contributed by atoms with Gasteiger partial charge in [0.2, 0.25) is 0 Å². The number of hydrogen-bond donors (Lipinski definition) is 1. The first kappa shape index (κ1) is 11.9. The summed E-state index contributed by atoms with van der Waals surface area (Å²) in [5.74, 6) is 0. The van der Waals surface area contributed by atoms with Crippen molar-refractivity contribution in [1.29, 1.82) is 0 Å². The molecule has 0 unspecified atom stereocenters. The Bertz CT molecular complexity index is 329. The Kier molecular flexibility index (Phi) is 4.52. The molecule has 1 rings (SSSR count). The predicted octanol–water partition coefficient (Wildman–Crippen LogP) is 1.30. The Morgan fingerprint density at radius 2 is 2.33 bits per heavy atom. The lowest BCUT2D eigenvalue weighted by Crippen LogP contribution is -2.15. The molecule has 0 atom stereocenters. The number of nitrogens with zero attached hydrogens (tertiary/aromatic N) is 3. The number of hydrogen-bond acceptors (Lipinski definition) is 4. The molecule has 1 heterocycles. The van der Waals surface area contributed by atoms with Gasteiger partial charge in [0.15, 0.2) is 0 Å². The van der Waals surface area contributed by atoms with Crippen LogP contribution in [0.3, 0.4) is 0 Å². The van der Waals surface area contributed by atoms with Crippen LogP contribution in [0.5, 0.6) is 0 Å². The van der Waals surface area contributed by atoms with Crippen LogP contribution < -0.4 is 5.73 Å². The van der Waals surface area contributed by atoms with Gasteiger partial charge >= 0.3 is 0 Å². The molecule has 0 aliphatic heterocycles. The van der Waals surface area contributed by atoms with Gasteiger partial charge in [-0.25, -0.2) is 4.98 Å². The van der Waals surface area contributed by atoms with Crippen LogP contribution in [0.2, 0.25) is 5.15 Å². The fourth-order valence-corrected chi connectivity index (χ4v) is 1.22. The van der Waals surface area contributed by atoms with Crippen molar-refractivity contribution in [3.05, 3.63) is 23.0 Å².